The maximum atomic E-state index is 12.4. The first-order valence-electron chi connectivity index (χ1n) is 7.93. The first kappa shape index (κ1) is 18.9. The molecule has 0 radical (unpaired) electrons. The van der Waals surface area contributed by atoms with Gasteiger partial charge < -0.3 is 9.30 Å². The molecule has 136 valence electrons. The molecule has 5 nitrogen and oxygen atoms in total. The molecule has 0 unspecified atom stereocenters. The summed E-state index contributed by atoms with van der Waals surface area (Å²) in [5.41, 5.74) is 0.800. The number of hydrogen-bond donors (Lipinski definition) is 0. The van der Waals surface area contributed by atoms with Crippen LogP contribution in [0.1, 0.15) is 25.9 Å². The van der Waals surface area contributed by atoms with Crippen LogP contribution < -0.4 is 4.74 Å². The third-order valence-electron chi connectivity index (χ3n) is 3.78. The number of aryl methyl sites for hydroxylation is 2. The van der Waals surface area contributed by atoms with Crippen LogP contribution in [0.3, 0.4) is 0 Å². The number of carbonyl (C=O) groups excluding carboxylic acids is 1. The Kier molecular flexibility index (Phi) is 6.01. The lowest BCUT2D eigenvalue weighted by Gasteiger charge is -2.06. The van der Waals surface area contributed by atoms with Crippen molar-refractivity contribution in [1.82, 2.24) is 14.8 Å². The van der Waals surface area contributed by atoms with Crippen molar-refractivity contribution >= 4 is 40.5 Å². The summed E-state index contributed by atoms with van der Waals surface area (Å²) < 4.78 is 7.54. The SMILES string of the molecule is Cc1cc(C(=O)CSc2nnc(COc3ccc(Cl)cc3)n2C)c(C)s1. The summed E-state index contributed by atoms with van der Waals surface area (Å²) >= 11 is 8.89. The average molecular weight is 408 g/mol. The maximum Gasteiger partial charge on any atom is 0.191 e. The van der Waals surface area contributed by atoms with Gasteiger partial charge in [-0.3, -0.25) is 4.79 Å². The Balaban J connectivity index is 1.59. The highest BCUT2D eigenvalue weighted by atomic mass is 35.5. The summed E-state index contributed by atoms with van der Waals surface area (Å²) in [5, 5.41) is 9.67. The van der Waals surface area contributed by atoms with E-state index in [1.807, 2.05) is 31.5 Å². The highest BCUT2D eigenvalue weighted by Gasteiger charge is 2.15. The number of carbonyl (C=O) groups is 1. The van der Waals surface area contributed by atoms with Crippen molar-refractivity contribution in [3.8, 4) is 5.75 Å². The summed E-state index contributed by atoms with van der Waals surface area (Å²) in [4.78, 5) is 14.6. The van der Waals surface area contributed by atoms with Gasteiger partial charge in [0.1, 0.15) is 12.4 Å². The fraction of sp³-hybridized carbons (Fsp3) is 0.278. The van der Waals surface area contributed by atoms with Crippen molar-refractivity contribution in [2.24, 2.45) is 7.05 Å². The first-order valence-corrected chi connectivity index (χ1v) is 10.1. The maximum absolute atomic E-state index is 12.4. The van der Waals surface area contributed by atoms with Gasteiger partial charge in [0.2, 0.25) is 0 Å². The Morgan fingerprint density at radius 1 is 1.27 bits per heavy atom. The Morgan fingerprint density at radius 2 is 2.00 bits per heavy atom. The van der Waals surface area contributed by atoms with E-state index < -0.39 is 0 Å². The van der Waals surface area contributed by atoms with Gasteiger partial charge in [0.15, 0.2) is 16.8 Å². The molecule has 2 aromatic heterocycles. The smallest absolute Gasteiger partial charge is 0.191 e. The van der Waals surface area contributed by atoms with E-state index in [0.29, 0.717) is 34.1 Å². The fourth-order valence-electron chi connectivity index (χ4n) is 2.39. The van der Waals surface area contributed by atoms with E-state index in [2.05, 4.69) is 10.2 Å². The third kappa shape index (κ3) is 4.47. The number of ketones is 1. The van der Waals surface area contributed by atoms with Crippen LogP contribution in [0.25, 0.3) is 0 Å². The number of halogens is 1. The molecule has 3 rings (SSSR count). The van der Waals surface area contributed by atoms with E-state index in [4.69, 9.17) is 16.3 Å². The molecule has 1 aromatic carbocycles. The zero-order chi connectivity index (χ0) is 18.7. The van der Waals surface area contributed by atoms with Gasteiger partial charge in [-0.05, 0) is 44.2 Å². The zero-order valence-electron chi connectivity index (χ0n) is 14.7. The van der Waals surface area contributed by atoms with Crippen LogP contribution in [-0.4, -0.2) is 26.3 Å². The highest BCUT2D eigenvalue weighted by molar-refractivity contribution is 7.99. The van der Waals surface area contributed by atoms with E-state index in [9.17, 15) is 4.79 Å². The van der Waals surface area contributed by atoms with Crippen molar-refractivity contribution in [2.45, 2.75) is 25.6 Å². The van der Waals surface area contributed by atoms with Crippen LogP contribution in [-0.2, 0) is 13.7 Å². The molecule has 0 saturated carbocycles. The van der Waals surface area contributed by atoms with Crippen LogP contribution in [0.4, 0.5) is 0 Å². The number of rotatable bonds is 7. The number of hydrogen-bond acceptors (Lipinski definition) is 6. The Hall–Kier alpha value is -1.83. The van der Waals surface area contributed by atoms with Crippen molar-refractivity contribution < 1.29 is 9.53 Å². The van der Waals surface area contributed by atoms with Crippen LogP contribution in [0.5, 0.6) is 5.75 Å². The lowest BCUT2D eigenvalue weighted by atomic mass is 10.2. The number of nitrogens with zero attached hydrogens (tertiary/aromatic N) is 3. The Morgan fingerprint density at radius 3 is 2.65 bits per heavy atom. The predicted molar refractivity (Wildman–Crippen MR) is 106 cm³/mol. The van der Waals surface area contributed by atoms with Crippen molar-refractivity contribution in [3.63, 3.8) is 0 Å². The molecule has 0 aliphatic carbocycles. The second-order valence-corrected chi connectivity index (χ2v) is 8.58. The van der Waals surface area contributed by atoms with Gasteiger partial charge >= 0.3 is 0 Å². The Bertz CT molecular complexity index is 919. The van der Waals surface area contributed by atoms with Gasteiger partial charge in [0, 0.05) is 27.4 Å². The topological polar surface area (TPSA) is 57.0 Å². The van der Waals surface area contributed by atoms with Crippen LogP contribution in [0.2, 0.25) is 5.02 Å². The summed E-state index contributed by atoms with van der Waals surface area (Å²) in [7, 11) is 1.87. The van der Waals surface area contributed by atoms with Gasteiger partial charge in [-0.1, -0.05) is 23.4 Å². The van der Waals surface area contributed by atoms with E-state index in [1.54, 1.807) is 35.6 Å². The lowest BCUT2D eigenvalue weighted by Crippen LogP contribution is -2.06. The van der Waals surface area contributed by atoms with Crippen LogP contribution in [0, 0.1) is 13.8 Å². The van der Waals surface area contributed by atoms with Gasteiger partial charge in [0.05, 0.1) is 5.75 Å². The van der Waals surface area contributed by atoms with Crippen LogP contribution in [0.15, 0.2) is 35.5 Å². The molecule has 2 heterocycles. The summed E-state index contributed by atoms with van der Waals surface area (Å²) in [6.45, 7) is 4.28. The normalized spacial score (nSPS) is 10.9. The third-order valence-corrected chi connectivity index (χ3v) is 6.02. The van der Waals surface area contributed by atoms with Gasteiger partial charge in [-0.2, -0.15) is 0 Å². The lowest BCUT2D eigenvalue weighted by molar-refractivity contribution is 0.102. The summed E-state index contributed by atoms with van der Waals surface area (Å²) in [5.74, 6) is 1.85. The molecule has 0 bridgehead atoms. The molecule has 0 N–H and O–H groups in total. The van der Waals surface area contributed by atoms with Crippen LogP contribution >= 0.6 is 34.7 Å². The minimum atomic E-state index is 0.110. The summed E-state index contributed by atoms with van der Waals surface area (Å²) in [6.07, 6.45) is 0. The number of thiophene rings is 1. The van der Waals surface area contributed by atoms with E-state index >= 15 is 0 Å². The predicted octanol–water partition coefficient (Wildman–Crippen LogP) is 4.70. The standard InChI is InChI=1S/C18H18ClN3O2S2/c1-11-8-15(12(2)26-11)16(23)10-25-18-21-20-17(22(18)3)9-24-14-6-4-13(19)5-7-14/h4-8H,9-10H2,1-3H3. The average Bonchev–Trinajstić information content (AvgIpc) is 3.14. The first-order chi connectivity index (χ1) is 12.4. The number of thioether (sulfide) groups is 1. The largest absolute Gasteiger partial charge is 0.486 e. The van der Waals surface area contributed by atoms with Crippen molar-refractivity contribution in [1.29, 1.82) is 0 Å². The second kappa shape index (κ2) is 8.24. The molecule has 3 aromatic rings. The molecule has 0 spiro atoms. The molecule has 0 saturated heterocycles. The molecule has 0 aliphatic rings. The quantitative estimate of drug-likeness (QED) is 0.419. The number of ether oxygens (including phenoxy) is 1. The van der Waals surface area contributed by atoms with Crippen molar-refractivity contribution in [3.05, 3.63) is 56.5 Å². The number of benzene rings is 1. The van der Waals surface area contributed by atoms with E-state index in [1.165, 1.54) is 11.8 Å². The molecule has 26 heavy (non-hydrogen) atoms. The zero-order valence-corrected chi connectivity index (χ0v) is 17.0. The molecule has 8 heteroatoms. The fourth-order valence-corrected chi connectivity index (χ4v) is 4.27. The molecule has 0 aliphatic heterocycles. The minimum Gasteiger partial charge on any atom is -0.486 e. The van der Waals surface area contributed by atoms with Gasteiger partial charge in [-0.15, -0.1) is 21.5 Å². The molecule has 0 fully saturated rings. The highest BCUT2D eigenvalue weighted by Crippen LogP contribution is 2.24. The molecule has 0 amide bonds. The van der Waals surface area contributed by atoms with E-state index in [0.717, 1.165) is 15.3 Å². The molecular weight excluding hydrogens is 390 g/mol. The monoisotopic (exact) mass is 407 g/mol. The second-order valence-electron chi connectivity index (χ2n) is 5.74. The van der Waals surface area contributed by atoms with Crippen molar-refractivity contribution in [2.75, 3.05) is 5.75 Å². The molecule has 0 atom stereocenters. The summed E-state index contributed by atoms with van der Waals surface area (Å²) in [6, 6.07) is 9.10. The Labute approximate surface area is 165 Å². The van der Waals surface area contributed by atoms with Gasteiger partial charge in [0.25, 0.3) is 0 Å². The number of aromatic nitrogens is 3. The van der Waals surface area contributed by atoms with Gasteiger partial charge in [-0.25, -0.2) is 0 Å². The minimum absolute atomic E-state index is 0.110. The van der Waals surface area contributed by atoms with E-state index in [-0.39, 0.29) is 5.78 Å². The number of Topliss-reactive ketones (excluding diaryl/α,β-unsaturated/α-hetero) is 1. The molecular formula is C18H18ClN3O2S2.